The van der Waals surface area contributed by atoms with E-state index in [-0.39, 0.29) is 5.41 Å². The molecule has 1 aliphatic rings. The molecule has 0 radical (unpaired) electrons. The molecule has 1 atom stereocenters. The topological polar surface area (TPSA) is 37.3 Å². The normalized spacial score (nSPS) is 19.0. The Morgan fingerprint density at radius 2 is 1.96 bits per heavy atom. The Balaban J connectivity index is 2.00. The van der Waals surface area contributed by atoms with Gasteiger partial charge in [0.1, 0.15) is 0 Å². The van der Waals surface area contributed by atoms with E-state index >= 15 is 0 Å². The Morgan fingerprint density at radius 3 is 2.57 bits per heavy atom. The van der Waals surface area contributed by atoms with Gasteiger partial charge < -0.3 is 0 Å². The zero-order valence-corrected chi connectivity index (χ0v) is 15.6. The molecule has 0 amide bonds. The molecular formula is C19H18O2SSe. The molecule has 0 aromatic heterocycles. The standard InChI is InChI=1S/C19H18O2SSe/c1-19(2)10-16(12-6-8-13(9-7-12)18(20)21)22-17-14(11-23)4-3-5-15(17)19/h3-9,11,16H,10H2,1-2H3,(H,20,21). The summed E-state index contributed by atoms with van der Waals surface area (Å²) in [7, 11) is 0. The van der Waals surface area contributed by atoms with Crippen molar-refractivity contribution in [3.8, 4) is 0 Å². The van der Waals surface area contributed by atoms with E-state index in [1.165, 1.54) is 21.6 Å². The van der Waals surface area contributed by atoms with Crippen LogP contribution in [0.5, 0.6) is 0 Å². The fourth-order valence-electron chi connectivity index (χ4n) is 3.10. The first kappa shape index (κ1) is 16.5. The van der Waals surface area contributed by atoms with Crippen molar-refractivity contribution in [2.75, 3.05) is 0 Å². The average Bonchev–Trinajstić information content (AvgIpc) is 2.53. The molecule has 4 heteroatoms. The number of carboxylic acids is 1. The van der Waals surface area contributed by atoms with Crippen LogP contribution in [0.15, 0.2) is 47.4 Å². The van der Waals surface area contributed by atoms with Crippen LogP contribution in [-0.2, 0) is 5.41 Å². The molecule has 0 aliphatic carbocycles. The molecule has 0 bridgehead atoms. The molecule has 0 fully saturated rings. The van der Waals surface area contributed by atoms with Gasteiger partial charge in [0.05, 0.1) is 0 Å². The summed E-state index contributed by atoms with van der Waals surface area (Å²) in [6.07, 6.45) is 1.04. The number of benzene rings is 2. The second kappa shape index (κ2) is 6.27. The van der Waals surface area contributed by atoms with E-state index in [1.807, 2.05) is 28.8 Å². The van der Waals surface area contributed by atoms with E-state index in [1.54, 1.807) is 12.1 Å². The minimum atomic E-state index is -0.878. The van der Waals surface area contributed by atoms with Crippen LogP contribution in [-0.4, -0.2) is 31.6 Å². The van der Waals surface area contributed by atoms with Gasteiger partial charge in [-0.2, -0.15) is 0 Å². The molecule has 118 valence electrons. The molecule has 1 aliphatic heterocycles. The van der Waals surface area contributed by atoms with Crippen molar-refractivity contribution >= 4 is 38.2 Å². The Bertz CT molecular complexity index is 765. The van der Waals surface area contributed by atoms with E-state index < -0.39 is 5.97 Å². The van der Waals surface area contributed by atoms with Crippen molar-refractivity contribution in [3.05, 3.63) is 64.7 Å². The summed E-state index contributed by atoms with van der Waals surface area (Å²) in [5.74, 6) is -0.878. The maximum atomic E-state index is 11.0. The average molecular weight is 389 g/mol. The molecule has 1 N–H and O–H groups in total. The number of hydrogen-bond donors (Lipinski definition) is 1. The van der Waals surface area contributed by atoms with Crippen molar-refractivity contribution in [1.82, 2.24) is 0 Å². The van der Waals surface area contributed by atoms with Gasteiger partial charge in [-0.05, 0) is 0 Å². The van der Waals surface area contributed by atoms with Crippen molar-refractivity contribution in [3.63, 3.8) is 0 Å². The SMILES string of the molecule is CC1(C)CC(c2ccc(C(=O)O)cc2)Sc2c(C=[Se])cccc21. The van der Waals surface area contributed by atoms with Crippen LogP contribution in [0.1, 0.15) is 52.6 Å². The molecular weight excluding hydrogens is 371 g/mol. The summed E-state index contributed by atoms with van der Waals surface area (Å²) < 4.78 is 0. The summed E-state index contributed by atoms with van der Waals surface area (Å²) in [5.41, 5.74) is 4.24. The van der Waals surface area contributed by atoms with Crippen molar-refractivity contribution in [2.45, 2.75) is 35.8 Å². The van der Waals surface area contributed by atoms with Gasteiger partial charge in [-0.1, -0.05) is 0 Å². The van der Waals surface area contributed by atoms with E-state index in [4.69, 9.17) is 5.11 Å². The van der Waals surface area contributed by atoms with Crippen LogP contribution < -0.4 is 0 Å². The van der Waals surface area contributed by atoms with Crippen LogP contribution in [0.2, 0.25) is 0 Å². The third-order valence-corrected chi connectivity index (χ3v) is 6.33. The van der Waals surface area contributed by atoms with Gasteiger partial charge in [0.25, 0.3) is 0 Å². The summed E-state index contributed by atoms with van der Waals surface area (Å²) in [6.45, 7) is 4.57. The van der Waals surface area contributed by atoms with Gasteiger partial charge in [0.2, 0.25) is 0 Å². The summed E-state index contributed by atoms with van der Waals surface area (Å²) in [6, 6.07) is 13.8. The van der Waals surface area contributed by atoms with Gasteiger partial charge in [-0.25, -0.2) is 0 Å². The van der Waals surface area contributed by atoms with Crippen LogP contribution in [0.25, 0.3) is 0 Å². The van der Waals surface area contributed by atoms with Gasteiger partial charge in [0, 0.05) is 0 Å². The molecule has 0 spiro atoms. The summed E-state index contributed by atoms with van der Waals surface area (Å²) in [5, 5.41) is 9.39. The van der Waals surface area contributed by atoms with Crippen LogP contribution >= 0.6 is 11.8 Å². The first-order chi connectivity index (χ1) is 10.9. The van der Waals surface area contributed by atoms with Crippen LogP contribution in [0, 0.1) is 0 Å². The number of carboxylic acid groups (broad SMARTS) is 1. The number of rotatable bonds is 3. The number of carbonyl (C=O) groups is 1. The van der Waals surface area contributed by atoms with E-state index in [9.17, 15) is 4.79 Å². The third kappa shape index (κ3) is 3.16. The Kier molecular flexibility index (Phi) is 4.50. The second-order valence-electron chi connectivity index (χ2n) is 6.46. The van der Waals surface area contributed by atoms with Crippen LogP contribution in [0.4, 0.5) is 0 Å². The van der Waals surface area contributed by atoms with Gasteiger partial charge in [-0.15, -0.1) is 0 Å². The number of fused-ring (bicyclic) bond motifs is 1. The number of thioether (sulfide) groups is 1. The predicted molar refractivity (Wildman–Crippen MR) is 97.0 cm³/mol. The first-order valence-electron chi connectivity index (χ1n) is 7.51. The molecule has 2 aromatic carbocycles. The second-order valence-corrected chi connectivity index (χ2v) is 8.17. The Labute approximate surface area is 148 Å². The summed E-state index contributed by atoms with van der Waals surface area (Å²) >= 11 is 4.89. The van der Waals surface area contributed by atoms with Crippen molar-refractivity contribution < 1.29 is 9.90 Å². The number of hydrogen-bond acceptors (Lipinski definition) is 2. The molecule has 1 unspecified atom stereocenters. The predicted octanol–water partition coefficient (Wildman–Crippen LogP) is 4.22. The maximum absolute atomic E-state index is 11.0. The summed E-state index contributed by atoms with van der Waals surface area (Å²) in [4.78, 5) is 14.4. The van der Waals surface area contributed by atoms with E-state index in [0.29, 0.717) is 10.8 Å². The quantitative estimate of drug-likeness (QED) is 0.799. The molecule has 0 saturated carbocycles. The molecule has 3 rings (SSSR count). The first-order valence-corrected chi connectivity index (χ1v) is 9.38. The monoisotopic (exact) mass is 390 g/mol. The van der Waals surface area contributed by atoms with Gasteiger partial charge >= 0.3 is 149 Å². The van der Waals surface area contributed by atoms with Gasteiger partial charge in [-0.3, -0.25) is 0 Å². The number of aromatic carboxylic acids is 1. The van der Waals surface area contributed by atoms with Crippen LogP contribution in [0.3, 0.4) is 0 Å². The molecule has 2 aromatic rings. The molecule has 1 heterocycles. The van der Waals surface area contributed by atoms with E-state index in [2.05, 4.69) is 47.6 Å². The minimum absolute atomic E-state index is 0.0930. The zero-order chi connectivity index (χ0) is 16.6. The zero-order valence-electron chi connectivity index (χ0n) is 13.1. The fourth-order valence-corrected chi connectivity index (χ4v) is 5.49. The van der Waals surface area contributed by atoms with E-state index in [0.717, 1.165) is 6.42 Å². The van der Waals surface area contributed by atoms with Gasteiger partial charge in [0.15, 0.2) is 0 Å². The van der Waals surface area contributed by atoms with Crippen molar-refractivity contribution in [1.29, 1.82) is 0 Å². The van der Waals surface area contributed by atoms with Crippen molar-refractivity contribution in [2.24, 2.45) is 0 Å². The Morgan fingerprint density at radius 1 is 1.26 bits per heavy atom. The molecule has 2 nitrogen and oxygen atoms in total. The molecule has 0 saturated heterocycles. The molecule has 23 heavy (non-hydrogen) atoms. The fraction of sp³-hybridized carbons (Fsp3) is 0.263. The third-order valence-electron chi connectivity index (χ3n) is 4.39. The Hall–Kier alpha value is -1.35.